The molecule has 0 amide bonds. The van der Waals surface area contributed by atoms with Crippen LogP contribution < -0.4 is 0 Å². The molecule has 0 aromatic carbocycles. The largest absolute Gasteiger partial charge is 0.393 e. The maximum absolute atomic E-state index is 10.5. The third-order valence-electron chi connectivity index (χ3n) is 8.49. The van der Waals surface area contributed by atoms with E-state index >= 15 is 0 Å². The van der Waals surface area contributed by atoms with Gasteiger partial charge >= 0.3 is 0 Å². The Morgan fingerprint density at radius 1 is 1.04 bits per heavy atom. The van der Waals surface area contributed by atoms with Crippen LogP contribution in [0.3, 0.4) is 0 Å². The number of allylic oxidation sites excluding steroid dienone is 1. The van der Waals surface area contributed by atoms with Gasteiger partial charge < -0.3 is 14.6 Å². The fraction of sp³-hybridized carbons (Fsp3) is 0.870. The van der Waals surface area contributed by atoms with Crippen LogP contribution in [0.5, 0.6) is 0 Å². The van der Waals surface area contributed by atoms with Gasteiger partial charge in [0.25, 0.3) is 0 Å². The molecule has 5 aliphatic rings. The fourth-order valence-electron chi connectivity index (χ4n) is 6.83. The summed E-state index contributed by atoms with van der Waals surface area (Å²) >= 11 is 0. The van der Waals surface area contributed by atoms with Gasteiger partial charge in [-0.25, -0.2) is 0 Å². The monoisotopic (exact) mass is 359 g/mol. The van der Waals surface area contributed by atoms with Gasteiger partial charge in [0.1, 0.15) is 0 Å². The average molecular weight is 360 g/mol. The van der Waals surface area contributed by atoms with Crippen molar-refractivity contribution in [1.29, 1.82) is 0 Å². The third kappa shape index (κ3) is 2.57. The highest BCUT2D eigenvalue weighted by Gasteiger charge is 2.56. The van der Waals surface area contributed by atoms with Crippen LogP contribution >= 0.6 is 0 Å². The summed E-state index contributed by atoms with van der Waals surface area (Å²) in [7, 11) is 0. The lowest BCUT2D eigenvalue weighted by atomic mass is 9.54. The zero-order valence-corrected chi connectivity index (χ0v) is 16.7. The van der Waals surface area contributed by atoms with Crippen LogP contribution in [0.25, 0.3) is 0 Å². The highest BCUT2D eigenvalue weighted by atomic mass is 16.7. The van der Waals surface area contributed by atoms with E-state index < -0.39 is 0 Å². The zero-order chi connectivity index (χ0) is 18.2. The summed E-state index contributed by atoms with van der Waals surface area (Å²) in [5.41, 5.74) is 3.63. The summed E-state index contributed by atoms with van der Waals surface area (Å²) in [5.74, 6) is 1.78. The first-order valence-electron chi connectivity index (χ1n) is 10.8. The van der Waals surface area contributed by atoms with Crippen molar-refractivity contribution in [3.05, 3.63) is 17.6 Å². The topological polar surface area (TPSA) is 38.7 Å². The maximum Gasteiger partial charge on any atom is 0.172 e. The van der Waals surface area contributed by atoms with Crippen molar-refractivity contribution in [1.82, 2.24) is 0 Å². The van der Waals surface area contributed by atoms with Crippen LogP contribution in [-0.4, -0.2) is 30.2 Å². The second kappa shape index (κ2) is 5.81. The molecule has 1 N–H and O–H groups in total. The predicted octanol–water partition coefficient (Wildman–Crippen LogP) is 4.65. The van der Waals surface area contributed by atoms with E-state index in [9.17, 15) is 5.11 Å². The molecule has 0 aromatic rings. The molecule has 5 rings (SSSR count). The highest BCUT2D eigenvalue weighted by molar-refractivity contribution is 5.31. The molecule has 26 heavy (non-hydrogen) atoms. The van der Waals surface area contributed by atoms with Crippen LogP contribution in [0, 0.1) is 35.0 Å². The molecule has 0 aromatic heterocycles. The van der Waals surface area contributed by atoms with Crippen LogP contribution in [0.4, 0.5) is 0 Å². The Kier molecular flexibility index (Phi) is 3.96. The molecule has 3 heteroatoms. The van der Waals surface area contributed by atoms with Crippen LogP contribution in [0.15, 0.2) is 11.1 Å². The summed E-state index contributed by atoms with van der Waals surface area (Å²) < 4.78 is 12.6. The first kappa shape index (κ1) is 17.7. The minimum atomic E-state index is -0.339. The van der Waals surface area contributed by atoms with E-state index in [1.807, 2.05) is 0 Å². The van der Waals surface area contributed by atoms with E-state index in [0.717, 1.165) is 51.2 Å². The summed E-state index contributed by atoms with van der Waals surface area (Å²) in [6, 6.07) is 0. The second-order valence-electron chi connectivity index (χ2n) is 10.8. The Morgan fingerprint density at radius 2 is 1.81 bits per heavy atom. The van der Waals surface area contributed by atoms with E-state index in [2.05, 4.69) is 27.2 Å². The number of ether oxygens (including phenoxy) is 2. The lowest BCUT2D eigenvalue weighted by molar-refractivity contribution is -0.303. The molecule has 2 saturated carbocycles. The van der Waals surface area contributed by atoms with E-state index in [4.69, 9.17) is 9.47 Å². The van der Waals surface area contributed by atoms with Crippen molar-refractivity contribution in [2.24, 2.45) is 28.6 Å². The smallest absolute Gasteiger partial charge is 0.172 e. The van der Waals surface area contributed by atoms with Crippen molar-refractivity contribution >= 4 is 0 Å². The van der Waals surface area contributed by atoms with Gasteiger partial charge in [-0.3, -0.25) is 0 Å². The number of aliphatic hydroxyl groups is 1. The second-order valence-corrected chi connectivity index (χ2v) is 10.8. The van der Waals surface area contributed by atoms with Crippen molar-refractivity contribution in [3.8, 4) is 0 Å². The van der Waals surface area contributed by atoms with Crippen molar-refractivity contribution in [3.63, 3.8) is 0 Å². The summed E-state index contributed by atoms with van der Waals surface area (Å²) in [4.78, 5) is 0. The Morgan fingerprint density at radius 3 is 2.58 bits per heavy atom. The molecule has 1 spiro atoms. The standard InChI is InChI=1S/C23H35O3/c1-21(2)13-25-23(26-14-21)11-9-16-15(12-23)4-5-18-17(16)8-10-22(3)19(18)6-7-20(22)24/h8,17-20,24H,4-7,9-14H2,1-3H3/t17-,18-,19+,20+,22+/m1/s1. The third-order valence-corrected chi connectivity index (χ3v) is 8.49. The van der Waals surface area contributed by atoms with Crippen molar-refractivity contribution in [2.45, 2.75) is 84.0 Å². The Hall–Kier alpha value is -0.380. The molecule has 5 atom stereocenters. The summed E-state index contributed by atoms with van der Waals surface area (Å²) in [6.45, 7) is 8.41. The van der Waals surface area contributed by atoms with Gasteiger partial charge in [-0.2, -0.15) is 0 Å². The SMILES string of the molecule is CC1(C)COC2(CCC3=C(CC[C@@H]4[C@@H]3[CH]C[C@]3(C)[C@@H](O)CC[C@@H]43)C2)OC1. The lowest BCUT2D eigenvalue weighted by Gasteiger charge is -2.53. The molecular formula is C23H35O3. The molecule has 4 aliphatic carbocycles. The van der Waals surface area contributed by atoms with Crippen molar-refractivity contribution < 1.29 is 14.6 Å². The molecule has 3 nitrogen and oxygen atoms in total. The first-order valence-corrected chi connectivity index (χ1v) is 10.8. The van der Waals surface area contributed by atoms with Crippen LogP contribution in [0.2, 0.25) is 0 Å². The Balaban J connectivity index is 1.36. The molecule has 1 saturated heterocycles. The predicted molar refractivity (Wildman–Crippen MR) is 101 cm³/mol. The molecule has 0 bridgehead atoms. The Bertz CT molecular complexity index is 611. The highest BCUT2D eigenvalue weighted by Crippen LogP contribution is 2.61. The van der Waals surface area contributed by atoms with Crippen LogP contribution in [0.1, 0.15) is 72.1 Å². The Labute approximate surface area is 158 Å². The number of rotatable bonds is 0. The molecule has 3 fully saturated rings. The number of aliphatic hydroxyl groups excluding tert-OH is 1. The van der Waals surface area contributed by atoms with E-state index in [0.29, 0.717) is 11.8 Å². The van der Waals surface area contributed by atoms with Gasteiger partial charge in [-0.05, 0) is 68.1 Å². The zero-order valence-electron chi connectivity index (χ0n) is 16.7. The van der Waals surface area contributed by atoms with Gasteiger partial charge in [-0.15, -0.1) is 0 Å². The average Bonchev–Trinajstić information content (AvgIpc) is 2.93. The maximum atomic E-state index is 10.5. The summed E-state index contributed by atoms with van der Waals surface area (Å²) in [5, 5.41) is 10.5. The van der Waals surface area contributed by atoms with E-state index in [1.54, 1.807) is 11.1 Å². The number of fused-ring (bicyclic) bond motifs is 4. The van der Waals surface area contributed by atoms with Crippen LogP contribution in [-0.2, 0) is 9.47 Å². The summed E-state index contributed by atoms with van der Waals surface area (Å²) in [6.07, 6.45) is 11.4. The molecular weight excluding hydrogens is 324 g/mol. The molecule has 0 unspecified atom stereocenters. The molecule has 1 heterocycles. The van der Waals surface area contributed by atoms with Gasteiger partial charge in [0.15, 0.2) is 5.79 Å². The number of hydrogen-bond donors (Lipinski definition) is 1. The minimum Gasteiger partial charge on any atom is -0.393 e. The van der Waals surface area contributed by atoms with E-state index in [-0.39, 0.29) is 22.7 Å². The molecule has 1 radical (unpaired) electrons. The lowest BCUT2D eigenvalue weighted by Crippen LogP contribution is -2.51. The first-order chi connectivity index (χ1) is 12.3. The van der Waals surface area contributed by atoms with Gasteiger partial charge in [0.2, 0.25) is 0 Å². The fourth-order valence-corrected chi connectivity index (χ4v) is 6.83. The minimum absolute atomic E-state index is 0.0953. The normalized spacial score (nSPS) is 46.6. The van der Waals surface area contributed by atoms with Crippen molar-refractivity contribution in [2.75, 3.05) is 13.2 Å². The molecule has 1 aliphatic heterocycles. The van der Waals surface area contributed by atoms with E-state index in [1.165, 1.54) is 19.3 Å². The quantitative estimate of drug-likeness (QED) is 0.640. The number of hydrogen-bond acceptors (Lipinski definition) is 3. The van der Waals surface area contributed by atoms with Gasteiger partial charge in [-0.1, -0.05) is 31.9 Å². The molecule has 145 valence electrons. The van der Waals surface area contributed by atoms with Gasteiger partial charge in [0, 0.05) is 18.3 Å². The van der Waals surface area contributed by atoms with Gasteiger partial charge in [0.05, 0.1) is 19.3 Å².